The molecule has 0 bridgehead atoms. The molecule has 76 valence electrons. The summed E-state index contributed by atoms with van der Waals surface area (Å²) < 4.78 is 0. The van der Waals surface area contributed by atoms with Crippen LogP contribution in [0.4, 0.5) is 0 Å². The topological polar surface area (TPSA) is 0 Å². The molecule has 0 amide bonds. The summed E-state index contributed by atoms with van der Waals surface area (Å²) in [7, 11) is 0. The molecule has 1 aromatic carbocycles. The average molecular weight is 206 g/mol. The molecular formula is C13H18S. The van der Waals surface area contributed by atoms with Gasteiger partial charge in [-0.25, -0.2) is 0 Å². The second-order valence-electron chi connectivity index (χ2n) is 3.38. The minimum atomic E-state index is 0.611. The number of hydrogen-bond acceptors (Lipinski definition) is 1. The van der Waals surface area contributed by atoms with Gasteiger partial charge in [0.15, 0.2) is 0 Å². The van der Waals surface area contributed by atoms with E-state index in [0.29, 0.717) is 5.25 Å². The van der Waals surface area contributed by atoms with Gasteiger partial charge in [-0.2, -0.15) is 11.8 Å². The van der Waals surface area contributed by atoms with E-state index in [9.17, 15) is 0 Å². The van der Waals surface area contributed by atoms with Gasteiger partial charge in [-0.1, -0.05) is 43.3 Å². The summed E-state index contributed by atoms with van der Waals surface area (Å²) in [5.74, 6) is 1.18. The molecular weight excluding hydrogens is 188 g/mol. The number of benzene rings is 1. The second kappa shape index (κ2) is 5.92. The maximum absolute atomic E-state index is 2.27. The van der Waals surface area contributed by atoms with Crippen molar-refractivity contribution in [3.05, 3.63) is 41.5 Å². The Balaban J connectivity index is 2.64. The zero-order chi connectivity index (χ0) is 10.4. The van der Waals surface area contributed by atoms with Crippen LogP contribution in [-0.4, -0.2) is 11.0 Å². The van der Waals surface area contributed by atoms with Gasteiger partial charge >= 0.3 is 0 Å². The molecule has 1 heteroatoms. The molecule has 0 spiro atoms. The van der Waals surface area contributed by atoms with E-state index in [4.69, 9.17) is 0 Å². The lowest BCUT2D eigenvalue weighted by molar-refractivity contribution is 1.25. The van der Waals surface area contributed by atoms with E-state index in [-0.39, 0.29) is 0 Å². The predicted octanol–water partition coefficient (Wildman–Crippen LogP) is 4.15. The summed E-state index contributed by atoms with van der Waals surface area (Å²) in [6.45, 7) is 6.59. The molecule has 0 N–H and O–H groups in total. The average Bonchev–Trinajstić information content (AvgIpc) is 2.17. The highest BCUT2D eigenvalue weighted by Gasteiger charge is 1.95. The Morgan fingerprint density at radius 2 is 2.07 bits per heavy atom. The number of aryl methyl sites for hydroxylation is 1. The number of hydrogen-bond donors (Lipinski definition) is 0. The van der Waals surface area contributed by atoms with E-state index in [1.807, 2.05) is 11.8 Å². The number of rotatable bonds is 4. The summed E-state index contributed by atoms with van der Waals surface area (Å²) in [4.78, 5) is 0. The molecule has 0 aliphatic heterocycles. The molecule has 1 aromatic rings. The number of thioether (sulfide) groups is 1. The lowest BCUT2D eigenvalue weighted by Crippen LogP contribution is -1.90. The quantitative estimate of drug-likeness (QED) is 0.713. The van der Waals surface area contributed by atoms with Crippen molar-refractivity contribution in [1.29, 1.82) is 0 Å². The van der Waals surface area contributed by atoms with Gasteiger partial charge in [0.05, 0.1) is 0 Å². The molecule has 0 nitrogen and oxygen atoms in total. The third kappa shape index (κ3) is 3.59. The molecule has 0 heterocycles. The minimum Gasteiger partial charge on any atom is -0.155 e. The first-order valence-electron chi connectivity index (χ1n) is 5.09. The predicted molar refractivity (Wildman–Crippen MR) is 67.8 cm³/mol. The Hall–Kier alpha value is -0.690. The molecule has 0 aliphatic rings. The van der Waals surface area contributed by atoms with Crippen molar-refractivity contribution in [2.75, 3.05) is 5.75 Å². The SMILES string of the molecule is CCSC(C)/C=C/c1ccccc1C. The smallest absolute Gasteiger partial charge is 0.0201 e. The molecule has 0 aromatic heterocycles. The van der Waals surface area contributed by atoms with Crippen molar-refractivity contribution in [2.45, 2.75) is 26.0 Å². The van der Waals surface area contributed by atoms with Crippen molar-refractivity contribution in [2.24, 2.45) is 0 Å². The van der Waals surface area contributed by atoms with Crippen molar-refractivity contribution >= 4 is 17.8 Å². The minimum absolute atomic E-state index is 0.611. The van der Waals surface area contributed by atoms with E-state index >= 15 is 0 Å². The van der Waals surface area contributed by atoms with Crippen LogP contribution < -0.4 is 0 Å². The van der Waals surface area contributed by atoms with Crippen LogP contribution in [0.3, 0.4) is 0 Å². The van der Waals surface area contributed by atoms with Crippen LogP contribution in [-0.2, 0) is 0 Å². The Morgan fingerprint density at radius 1 is 1.36 bits per heavy atom. The summed E-state index contributed by atoms with van der Waals surface area (Å²) in [6, 6.07) is 8.48. The highest BCUT2D eigenvalue weighted by atomic mass is 32.2. The van der Waals surface area contributed by atoms with Crippen molar-refractivity contribution in [3.8, 4) is 0 Å². The fraction of sp³-hybridized carbons (Fsp3) is 0.385. The molecule has 0 fully saturated rings. The van der Waals surface area contributed by atoms with E-state index in [1.54, 1.807) is 0 Å². The zero-order valence-electron chi connectivity index (χ0n) is 9.16. The highest BCUT2D eigenvalue weighted by molar-refractivity contribution is 8.00. The van der Waals surface area contributed by atoms with Crippen LogP contribution in [0, 0.1) is 6.92 Å². The zero-order valence-corrected chi connectivity index (χ0v) is 9.97. The van der Waals surface area contributed by atoms with Gasteiger partial charge in [-0.3, -0.25) is 0 Å². The lowest BCUT2D eigenvalue weighted by atomic mass is 10.1. The fourth-order valence-electron chi connectivity index (χ4n) is 1.33. The lowest BCUT2D eigenvalue weighted by Gasteiger charge is -2.03. The molecule has 1 unspecified atom stereocenters. The maximum Gasteiger partial charge on any atom is 0.0201 e. The summed E-state index contributed by atoms with van der Waals surface area (Å²) in [5.41, 5.74) is 2.67. The van der Waals surface area contributed by atoms with E-state index in [1.165, 1.54) is 16.9 Å². The first-order chi connectivity index (χ1) is 6.74. The third-order valence-corrected chi connectivity index (χ3v) is 3.18. The maximum atomic E-state index is 2.27. The van der Waals surface area contributed by atoms with Crippen LogP contribution >= 0.6 is 11.8 Å². The first-order valence-corrected chi connectivity index (χ1v) is 6.14. The van der Waals surface area contributed by atoms with Crippen LogP contribution in [0.15, 0.2) is 30.3 Å². The van der Waals surface area contributed by atoms with Gasteiger partial charge in [0.2, 0.25) is 0 Å². The first kappa shape index (κ1) is 11.4. The van der Waals surface area contributed by atoms with Crippen LogP contribution in [0.5, 0.6) is 0 Å². The van der Waals surface area contributed by atoms with Gasteiger partial charge in [0.1, 0.15) is 0 Å². The van der Waals surface area contributed by atoms with Gasteiger partial charge < -0.3 is 0 Å². The van der Waals surface area contributed by atoms with Gasteiger partial charge in [0, 0.05) is 5.25 Å². The standard InChI is InChI=1S/C13H18S/c1-4-14-12(3)9-10-13-8-6-5-7-11(13)2/h5-10,12H,4H2,1-3H3/b10-9+. The monoisotopic (exact) mass is 206 g/mol. The van der Waals surface area contributed by atoms with Crippen LogP contribution in [0.2, 0.25) is 0 Å². The van der Waals surface area contributed by atoms with Crippen molar-refractivity contribution in [1.82, 2.24) is 0 Å². The molecule has 0 saturated heterocycles. The molecule has 1 atom stereocenters. The van der Waals surface area contributed by atoms with Gasteiger partial charge in [0.25, 0.3) is 0 Å². The molecule has 0 radical (unpaired) electrons. The van der Waals surface area contributed by atoms with E-state index in [2.05, 4.69) is 57.2 Å². The van der Waals surface area contributed by atoms with Crippen LogP contribution in [0.1, 0.15) is 25.0 Å². The van der Waals surface area contributed by atoms with Gasteiger partial charge in [-0.05, 0) is 30.7 Å². The third-order valence-electron chi connectivity index (χ3n) is 2.16. The van der Waals surface area contributed by atoms with E-state index in [0.717, 1.165) is 0 Å². The fourth-order valence-corrected chi connectivity index (χ4v) is 2.05. The van der Waals surface area contributed by atoms with Gasteiger partial charge in [-0.15, -0.1) is 0 Å². The summed E-state index contributed by atoms with van der Waals surface area (Å²) in [5, 5.41) is 0.611. The second-order valence-corrected chi connectivity index (χ2v) is 5.03. The Kier molecular flexibility index (Phi) is 4.81. The summed E-state index contributed by atoms with van der Waals surface area (Å²) >= 11 is 1.97. The molecule has 1 rings (SSSR count). The van der Waals surface area contributed by atoms with E-state index < -0.39 is 0 Å². The van der Waals surface area contributed by atoms with Crippen molar-refractivity contribution < 1.29 is 0 Å². The molecule has 0 aliphatic carbocycles. The largest absolute Gasteiger partial charge is 0.155 e. The normalized spacial score (nSPS) is 13.4. The molecule has 0 saturated carbocycles. The van der Waals surface area contributed by atoms with Crippen molar-refractivity contribution in [3.63, 3.8) is 0 Å². The Labute approximate surface area is 91.4 Å². The Morgan fingerprint density at radius 3 is 2.71 bits per heavy atom. The van der Waals surface area contributed by atoms with Crippen LogP contribution in [0.25, 0.3) is 6.08 Å². The highest BCUT2D eigenvalue weighted by Crippen LogP contribution is 2.14. The Bertz CT molecular complexity index is 302. The summed E-state index contributed by atoms with van der Waals surface area (Å²) in [6.07, 6.45) is 4.50. The molecule has 14 heavy (non-hydrogen) atoms.